The fraction of sp³-hybridized carbons (Fsp3) is 0.211. The van der Waals surface area contributed by atoms with Crippen molar-refractivity contribution in [2.45, 2.75) is 27.7 Å². The van der Waals surface area contributed by atoms with Crippen LogP contribution in [0.15, 0.2) is 40.8 Å². The summed E-state index contributed by atoms with van der Waals surface area (Å²) in [7, 11) is 0. The zero-order valence-electron chi connectivity index (χ0n) is 12.8. The maximum Gasteiger partial charge on any atom is 0.228 e. The van der Waals surface area contributed by atoms with Crippen LogP contribution in [0, 0.1) is 27.7 Å². The third-order valence-electron chi connectivity index (χ3n) is 4.07. The molecule has 21 heavy (non-hydrogen) atoms. The molecule has 1 heterocycles. The van der Waals surface area contributed by atoms with E-state index >= 15 is 0 Å². The molecule has 0 saturated heterocycles. The van der Waals surface area contributed by atoms with Gasteiger partial charge < -0.3 is 4.42 Å². The molecule has 0 aliphatic heterocycles. The summed E-state index contributed by atoms with van der Waals surface area (Å²) in [6.07, 6.45) is 0. The summed E-state index contributed by atoms with van der Waals surface area (Å²) in [6.45, 7) is 8.04. The van der Waals surface area contributed by atoms with Crippen molar-refractivity contribution in [3.63, 3.8) is 0 Å². The minimum atomic E-state index is -0.0514. The van der Waals surface area contributed by atoms with Gasteiger partial charge in [0.2, 0.25) is 5.78 Å². The number of carbonyl (C=O) groups is 1. The predicted molar refractivity (Wildman–Crippen MR) is 85.0 cm³/mol. The number of aryl methyl sites for hydroxylation is 4. The van der Waals surface area contributed by atoms with Crippen LogP contribution < -0.4 is 0 Å². The smallest absolute Gasteiger partial charge is 0.228 e. The number of hydrogen-bond donors (Lipinski definition) is 0. The first-order chi connectivity index (χ1) is 9.97. The first-order valence-corrected chi connectivity index (χ1v) is 7.09. The van der Waals surface area contributed by atoms with Gasteiger partial charge in [0.25, 0.3) is 0 Å². The summed E-state index contributed by atoms with van der Waals surface area (Å²) < 4.78 is 5.79. The van der Waals surface area contributed by atoms with E-state index in [9.17, 15) is 4.79 Å². The van der Waals surface area contributed by atoms with Crippen LogP contribution >= 0.6 is 0 Å². The molecule has 0 saturated carbocycles. The average molecular weight is 278 g/mol. The standard InChI is InChI=1S/C19H18O2/c1-11-5-8-17-16(9-11)14(4)19(21-17)18(20)15-7-6-12(2)13(3)10-15/h5-10H,1-4H3. The highest BCUT2D eigenvalue weighted by Gasteiger charge is 2.19. The lowest BCUT2D eigenvalue weighted by molar-refractivity contribution is 0.101. The van der Waals surface area contributed by atoms with E-state index in [1.807, 2.05) is 58.0 Å². The van der Waals surface area contributed by atoms with Crippen molar-refractivity contribution < 1.29 is 9.21 Å². The largest absolute Gasteiger partial charge is 0.452 e. The molecule has 2 aromatic carbocycles. The van der Waals surface area contributed by atoms with E-state index in [0.29, 0.717) is 11.3 Å². The Morgan fingerprint density at radius 1 is 0.905 bits per heavy atom. The number of fused-ring (bicyclic) bond motifs is 1. The zero-order valence-corrected chi connectivity index (χ0v) is 12.8. The van der Waals surface area contributed by atoms with Crippen molar-refractivity contribution in [1.29, 1.82) is 0 Å². The lowest BCUT2D eigenvalue weighted by Crippen LogP contribution is -2.02. The number of hydrogen-bond acceptors (Lipinski definition) is 2. The van der Waals surface area contributed by atoms with Gasteiger partial charge in [0.05, 0.1) is 0 Å². The topological polar surface area (TPSA) is 30.2 Å². The second-order valence-electron chi connectivity index (χ2n) is 5.68. The van der Waals surface area contributed by atoms with Gasteiger partial charge in [-0.15, -0.1) is 0 Å². The van der Waals surface area contributed by atoms with Crippen LogP contribution in [0.4, 0.5) is 0 Å². The van der Waals surface area contributed by atoms with Crippen LogP contribution in [0.3, 0.4) is 0 Å². The van der Waals surface area contributed by atoms with Crippen molar-refractivity contribution >= 4 is 16.8 Å². The lowest BCUT2D eigenvalue weighted by Gasteiger charge is -2.03. The predicted octanol–water partition coefficient (Wildman–Crippen LogP) is 4.90. The van der Waals surface area contributed by atoms with Crippen molar-refractivity contribution in [1.82, 2.24) is 0 Å². The molecule has 0 spiro atoms. The van der Waals surface area contributed by atoms with Gasteiger partial charge in [-0.2, -0.15) is 0 Å². The molecule has 0 radical (unpaired) electrons. The lowest BCUT2D eigenvalue weighted by atomic mass is 10.0. The Balaban J connectivity index is 2.13. The molecule has 2 heteroatoms. The van der Waals surface area contributed by atoms with Gasteiger partial charge >= 0.3 is 0 Å². The summed E-state index contributed by atoms with van der Waals surface area (Å²) in [5, 5.41) is 1.02. The Labute approximate surface area is 124 Å². The van der Waals surface area contributed by atoms with E-state index in [0.717, 1.165) is 27.7 Å². The van der Waals surface area contributed by atoms with Crippen LogP contribution in [-0.2, 0) is 0 Å². The van der Waals surface area contributed by atoms with E-state index in [2.05, 4.69) is 6.07 Å². The Kier molecular flexibility index (Phi) is 3.17. The van der Waals surface area contributed by atoms with Crippen molar-refractivity contribution in [3.8, 4) is 0 Å². The summed E-state index contributed by atoms with van der Waals surface area (Å²) in [5.41, 5.74) is 5.82. The zero-order chi connectivity index (χ0) is 15.1. The van der Waals surface area contributed by atoms with Gasteiger partial charge in [-0.25, -0.2) is 0 Å². The molecule has 3 rings (SSSR count). The third kappa shape index (κ3) is 2.27. The molecule has 0 fully saturated rings. The van der Waals surface area contributed by atoms with Crippen LogP contribution in [0.25, 0.3) is 11.0 Å². The molecule has 1 aromatic heterocycles. The van der Waals surface area contributed by atoms with E-state index in [1.54, 1.807) is 0 Å². The Hall–Kier alpha value is -2.35. The maximum absolute atomic E-state index is 12.7. The molecule has 0 amide bonds. The monoisotopic (exact) mass is 278 g/mol. The first kappa shape index (κ1) is 13.6. The highest BCUT2D eigenvalue weighted by molar-refractivity contribution is 6.10. The maximum atomic E-state index is 12.7. The van der Waals surface area contributed by atoms with Gasteiger partial charge in [0, 0.05) is 16.5 Å². The molecule has 0 aliphatic carbocycles. The molecule has 0 aliphatic rings. The van der Waals surface area contributed by atoms with Crippen molar-refractivity contribution in [2.24, 2.45) is 0 Å². The van der Waals surface area contributed by atoms with Gasteiger partial charge in [-0.05, 0) is 57.0 Å². The van der Waals surface area contributed by atoms with Crippen LogP contribution in [0.1, 0.15) is 38.4 Å². The van der Waals surface area contributed by atoms with E-state index in [4.69, 9.17) is 4.42 Å². The summed E-state index contributed by atoms with van der Waals surface area (Å²) in [6, 6.07) is 11.7. The number of benzene rings is 2. The van der Waals surface area contributed by atoms with Gasteiger partial charge in [-0.1, -0.05) is 23.8 Å². The number of rotatable bonds is 2. The normalized spacial score (nSPS) is 11.0. The second kappa shape index (κ2) is 4.88. The Bertz CT molecular complexity index is 853. The number of furan rings is 1. The van der Waals surface area contributed by atoms with Crippen molar-refractivity contribution in [3.05, 3.63) is 70.0 Å². The highest BCUT2D eigenvalue weighted by Crippen LogP contribution is 2.28. The number of carbonyl (C=O) groups excluding carboxylic acids is 1. The van der Waals surface area contributed by atoms with Gasteiger partial charge in [-0.3, -0.25) is 4.79 Å². The second-order valence-corrected chi connectivity index (χ2v) is 5.68. The van der Waals surface area contributed by atoms with E-state index in [-0.39, 0.29) is 5.78 Å². The van der Waals surface area contributed by atoms with Crippen LogP contribution in [0.2, 0.25) is 0 Å². The minimum Gasteiger partial charge on any atom is -0.452 e. The van der Waals surface area contributed by atoms with E-state index < -0.39 is 0 Å². The highest BCUT2D eigenvalue weighted by atomic mass is 16.3. The Morgan fingerprint density at radius 3 is 2.38 bits per heavy atom. The summed E-state index contributed by atoms with van der Waals surface area (Å²) in [5.74, 6) is 0.392. The van der Waals surface area contributed by atoms with E-state index in [1.165, 1.54) is 5.56 Å². The fourth-order valence-corrected chi connectivity index (χ4v) is 2.57. The average Bonchev–Trinajstić information content (AvgIpc) is 2.78. The fourth-order valence-electron chi connectivity index (χ4n) is 2.57. The van der Waals surface area contributed by atoms with Crippen LogP contribution in [0.5, 0.6) is 0 Å². The quantitative estimate of drug-likeness (QED) is 0.624. The summed E-state index contributed by atoms with van der Waals surface area (Å²) >= 11 is 0. The van der Waals surface area contributed by atoms with Crippen molar-refractivity contribution in [2.75, 3.05) is 0 Å². The molecule has 0 N–H and O–H groups in total. The molecular formula is C19H18O2. The van der Waals surface area contributed by atoms with Gasteiger partial charge in [0.1, 0.15) is 5.58 Å². The minimum absolute atomic E-state index is 0.0514. The molecule has 0 bridgehead atoms. The molecule has 106 valence electrons. The molecule has 0 atom stereocenters. The molecule has 0 unspecified atom stereocenters. The first-order valence-electron chi connectivity index (χ1n) is 7.09. The third-order valence-corrected chi connectivity index (χ3v) is 4.07. The van der Waals surface area contributed by atoms with Crippen LogP contribution in [-0.4, -0.2) is 5.78 Å². The Morgan fingerprint density at radius 2 is 1.67 bits per heavy atom. The number of ketones is 1. The van der Waals surface area contributed by atoms with Gasteiger partial charge in [0.15, 0.2) is 5.76 Å². The SMILES string of the molecule is Cc1ccc2oc(C(=O)c3ccc(C)c(C)c3)c(C)c2c1. The molecule has 3 aromatic rings. The summed E-state index contributed by atoms with van der Waals surface area (Å²) in [4.78, 5) is 12.7. The molecule has 2 nitrogen and oxygen atoms in total. The molecular weight excluding hydrogens is 260 g/mol.